The standard InChI is InChI=1S/C13H16N6OS/c1-8-10(14)3-2-4-11(8)15-12(20)7-21-13-16-17-18-19(13)9-5-6-9/h2-4,9H,5-7,14H2,1H3,(H,15,20). The number of thioether (sulfide) groups is 1. The number of rotatable bonds is 5. The van der Waals surface area contributed by atoms with Gasteiger partial charge in [-0.25, -0.2) is 4.68 Å². The number of aromatic nitrogens is 4. The molecule has 0 atom stereocenters. The highest BCUT2D eigenvalue weighted by Crippen LogP contribution is 2.36. The van der Waals surface area contributed by atoms with Crippen molar-refractivity contribution in [2.45, 2.75) is 31.0 Å². The third-order valence-corrected chi connectivity index (χ3v) is 4.27. The number of anilines is 2. The molecule has 0 radical (unpaired) electrons. The summed E-state index contributed by atoms with van der Waals surface area (Å²) >= 11 is 1.34. The number of nitrogens with two attached hydrogens (primary N) is 1. The third-order valence-electron chi connectivity index (χ3n) is 3.34. The zero-order chi connectivity index (χ0) is 14.8. The topological polar surface area (TPSA) is 98.7 Å². The van der Waals surface area contributed by atoms with Gasteiger partial charge in [0.25, 0.3) is 0 Å². The maximum absolute atomic E-state index is 12.0. The van der Waals surface area contributed by atoms with Crippen molar-refractivity contribution in [3.05, 3.63) is 23.8 Å². The van der Waals surface area contributed by atoms with Crippen molar-refractivity contribution in [3.8, 4) is 0 Å². The molecule has 3 rings (SSSR count). The van der Waals surface area contributed by atoms with Crippen molar-refractivity contribution >= 4 is 29.0 Å². The van der Waals surface area contributed by atoms with Crippen LogP contribution in [0.4, 0.5) is 11.4 Å². The second-order valence-corrected chi connectivity index (χ2v) is 5.94. The van der Waals surface area contributed by atoms with Crippen molar-refractivity contribution in [1.82, 2.24) is 20.2 Å². The molecule has 1 aromatic carbocycles. The summed E-state index contributed by atoms with van der Waals surface area (Å²) in [5.74, 6) is 0.167. The van der Waals surface area contributed by atoms with E-state index in [0.29, 0.717) is 16.9 Å². The zero-order valence-corrected chi connectivity index (χ0v) is 12.4. The summed E-state index contributed by atoms with van der Waals surface area (Å²) in [5.41, 5.74) is 8.10. The van der Waals surface area contributed by atoms with Gasteiger partial charge in [-0.05, 0) is 47.9 Å². The van der Waals surface area contributed by atoms with Gasteiger partial charge in [-0.1, -0.05) is 17.8 Å². The highest BCUT2D eigenvalue weighted by molar-refractivity contribution is 7.99. The summed E-state index contributed by atoms with van der Waals surface area (Å²) in [4.78, 5) is 12.0. The lowest BCUT2D eigenvalue weighted by molar-refractivity contribution is -0.113. The second-order valence-electron chi connectivity index (χ2n) is 4.99. The molecule has 21 heavy (non-hydrogen) atoms. The Bertz CT molecular complexity index is 666. The third kappa shape index (κ3) is 3.15. The molecule has 0 spiro atoms. The first-order valence-electron chi connectivity index (χ1n) is 6.71. The molecule has 0 unspecified atom stereocenters. The maximum atomic E-state index is 12.0. The molecular weight excluding hydrogens is 288 g/mol. The fourth-order valence-electron chi connectivity index (χ4n) is 1.93. The van der Waals surface area contributed by atoms with E-state index in [9.17, 15) is 4.79 Å². The Morgan fingerprint density at radius 2 is 2.33 bits per heavy atom. The molecular formula is C13H16N6OS. The highest BCUT2D eigenvalue weighted by atomic mass is 32.2. The Labute approximate surface area is 126 Å². The molecule has 0 aliphatic heterocycles. The minimum absolute atomic E-state index is 0.0981. The normalized spacial score (nSPS) is 14.1. The number of carbonyl (C=O) groups excluding carboxylic acids is 1. The Hall–Kier alpha value is -2.09. The number of hydrogen-bond donors (Lipinski definition) is 2. The Morgan fingerprint density at radius 1 is 1.52 bits per heavy atom. The summed E-state index contributed by atoms with van der Waals surface area (Å²) in [7, 11) is 0. The van der Waals surface area contributed by atoms with Gasteiger partial charge in [-0.2, -0.15) is 0 Å². The van der Waals surface area contributed by atoms with Gasteiger partial charge in [0, 0.05) is 11.4 Å². The number of carbonyl (C=O) groups is 1. The summed E-state index contributed by atoms with van der Waals surface area (Å²) in [6.07, 6.45) is 2.21. The van der Waals surface area contributed by atoms with Crippen LogP contribution in [0.1, 0.15) is 24.4 Å². The van der Waals surface area contributed by atoms with E-state index >= 15 is 0 Å². The number of nitrogens with zero attached hydrogens (tertiary/aromatic N) is 4. The van der Waals surface area contributed by atoms with Crippen LogP contribution in [0, 0.1) is 6.92 Å². The number of nitrogens with one attached hydrogen (secondary N) is 1. The lowest BCUT2D eigenvalue weighted by Crippen LogP contribution is -2.15. The number of hydrogen-bond acceptors (Lipinski definition) is 6. The molecule has 1 amide bonds. The summed E-state index contributed by atoms with van der Waals surface area (Å²) in [6, 6.07) is 5.87. The zero-order valence-electron chi connectivity index (χ0n) is 11.6. The molecule has 1 aliphatic rings. The van der Waals surface area contributed by atoms with E-state index in [1.165, 1.54) is 11.8 Å². The summed E-state index contributed by atoms with van der Waals surface area (Å²) in [5, 5.41) is 15.1. The fraction of sp³-hybridized carbons (Fsp3) is 0.385. The van der Waals surface area contributed by atoms with E-state index in [4.69, 9.17) is 5.73 Å². The van der Waals surface area contributed by atoms with Gasteiger partial charge in [0.15, 0.2) is 0 Å². The van der Waals surface area contributed by atoms with Gasteiger partial charge >= 0.3 is 0 Å². The summed E-state index contributed by atoms with van der Waals surface area (Å²) in [6.45, 7) is 1.88. The summed E-state index contributed by atoms with van der Waals surface area (Å²) < 4.78 is 1.80. The Morgan fingerprint density at radius 3 is 3.10 bits per heavy atom. The molecule has 1 fully saturated rings. The van der Waals surface area contributed by atoms with Crippen molar-refractivity contribution in [1.29, 1.82) is 0 Å². The molecule has 8 heteroatoms. The smallest absolute Gasteiger partial charge is 0.234 e. The second kappa shape index (κ2) is 5.72. The van der Waals surface area contributed by atoms with Crippen LogP contribution in [0.15, 0.2) is 23.4 Å². The lowest BCUT2D eigenvalue weighted by atomic mass is 10.1. The lowest BCUT2D eigenvalue weighted by Gasteiger charge is -2.09. The molecule has 1 aromatic heterocycles. The first-order valence-corrected chi connectivity index (χ1v) is 7.69. The molecule has 2 aromatic rings. The molecule has 110 valence electrons. The van der Waals surface area contributed by atoms with Crippen LogP contribution in [0.25, 0.3) is 0 Å². The highest BCUT2D eigenvalue weighted by Gasteiger charge is 2.28. The number of amides is 1. The first kappa shape index (κ1) is 13.9. The van der Waals surface area contributed by atoms with Gasteiger partial charge in [0.1, 0.15) is 0 Å². The van der Waals surface area contributed by atoms with Gasteiger partial charge in [0.05, 0.1) is 11.8 Å². The quantitative estimate of drug-likeness (QED) is 0.643. The number of nitrogen functional groups attached to an aromatic ring is 1. The molecule has 0 bridgehead atoms. The van der Waals surface area contributed by atoms with Crippen molar-refractivity contribution in [2.75, 3.05) is 16.8 Å². The monoisotopic (exact) mass is 304 g/mol. The van der Waals surface area contributed by atoms with Gasteiger partial charge in [-0.3, -0.25) is 4.79 Å². The average Bonchev–Trinajstić information content (AvgIpc) is 3.20. The van der Waals surface area contributed by atoms with Crippen LogP contribution in [-0.4, -0.2) is 31.9 Å². The van der Waals surface area contributed by atoms with Crippen LogP contribution in [0.5, 0.6) is 0 Å². The molecule has 1 heterocycles. The molecule has 7 nitrogen and oxygen atoms in total. The van der Waals surface area contributed by atoms with Crippen molar-refractivity contribution < 1.29 is 4.79 Å². The largest absolute Gasteiger partial charge is 0.398 e. The van der Waals surface area contributed by atoms with Crippen LogP contribution in [0.2, 0.25) is 0 Å². The maximum Gasteiger partial charge on any atom is 0.234 e. The van der Waals surface area contributed by atoms with E-state index < -0.39 is 0 Å². The minimum atomic E-state index is -0.0981. The molecule has 1 aliphatic carbocycles. The SMILES string of the molecule is Cc1c(N)cccc1NC(=O)CSc1nnnn1C1CC1. The average molecular weight is 304 g/mol. The first-order chi connectivity index (χ1) is 10.1. The van der Waals surface area contributed by atoms with E-state index in [1.807, 2.05) is 25.1 Å². The number of tetrazole rings is 1. The van der Waals surface area contributed by atoms with Gasteiger partial charge < -0.3 is 11.1 Å². The van der Waals surface area contributed by atoms with Crippen LogP contribution in [-0.2, 0) is 4.79 Å². The predicted molar refractivity (Wildman–Crippen MR) is 81.0 cm³/mol. The van der Waals surface area contributed by atoms with E-state index in [1.54, 1.807) is 4.68 Å². The van der Waals surface area contributed by atoms with E-state index in [-0.39, 0.29) is 11.7 Å². The van der Waals surface area contributed by atoms with Gasteiger partial charge in [-0.15, -0.1) is 5.10 Å². The van der Waals surface area contributed by atoms with Crippen LogP contribution >= 0.6 is 11.8 Å². The number of benzene rings is 1. The fourth-order valence-corrected chi connectivity index (χ4v) is 2.68. The van der Waals surface area contributed by atoms with Gasteiger partial charge in [0.2, 0.25) is 11.1 Å². The van der Waals surface area contributed by atoms with Crippen molar-refractivity contribution in [3.63, 3.8) is 0 Å². The molecule has 0 saturated heterocycles. The van der Waals surface area contributed by atoms with E-state index in [0.717, 1.165) is 24.1 Å². The minimum Gasteiger partial charge on any atom is -0.398 e. The predicted octanol–water partition coefficient (Wildman–Crippen LogP) is 1.63. The van der Waals surface area contributed by atoms with Crippen LogP contribution in [0.3, 0.4) is 0 Å². The molecule has 1 saturated carbocycles. The van der Waals surface area contributed by atoms with Crippen LogP contribution < -0.4 is 11.1 Å². The molecule has 3 N–H and O–H groups in total. The Kier molecular flexibility index (Phi) is 3.78. The van der Waals surface area contributed by atoms with E-state index in [2.05, 4.69) is 20.8 Å². The Balaban J connectivity index is 1.59. The van der Waals surface area contributed by atoms with Crippen molar-refractivity contribution in [2.24, 2.45) is 0 Å².